The van der Waals surface area contributed by atoms with Gasteiger partial charge in [0.25, 0.3) is 5.91 Å². The van der Waals surface area contributed by atoms with E-state index in [4.69, 9.17) is 19.3 Å². The maximum atomic E-state index is 13.5. The summed E-state index contributed by atoms with van der Waals surface area (Å²) < 4.78 is 19.0. The Morgan fingerprint density at radius 2 is 2.07 bits per heavy atom. The van der Waals surface area contributed by atoms with Crippen molar-refractivity contribution in [3.05, 3.63) is 17.0 Å². The normalized spacial score (nSPS) is 27.1. The van der Waals surface area contributed by atoms with Gasteiger partial charge in [-0.25, -0.2) is 0 Å². The third-order valence-corrected chi connectivity index (χ3v) is 6.25. The second-order valence-corrected chi connectivity index (χ2v) is 8.15. The van der Waals surface area contributed by atoms with Gasteiger partial charge in [0.15, 0.2) is 0 Å². The van der Waals surface area contributed by atoms with Crippen LogP contribution in [0.1, 0.15) is 67.4 Å². The molecule has 2 saturated heterocycles. The van der Waals surface area contributed by atoms with Gasteiger partial charge in [-0.2, -0.15) is 5.10 Å². The number of aromatic nitrogens is 2. The molecule has 0 aromatic carbocycles. The Labute approximate surface area is 160 Å². The van der Waals surface area contributed by atoms with Gasteiger partial charge in [0.05, 0.1) is 36.7 Å². The molecule has 27 heavy (non-hydrogen) atoms. The van der Waals surface area contributed by atoms with E-state index in [1.54, 1.807) is 7.11 Å². The minimum atomic E-state index is -0.0874. The molecule has 1 aromatic rings. The van der Waals surface area contributed by atoms with Gasteiger partial charge in [-0.15, -0.1) is 0 Å². The van der Waals surface area contributed by atoms with Crippen LogP contribution in [0.5, 0.6) is 0 Å². The van der Waals surface area contributed by atoms with Crippen LogP contribution in [0.3, 0.4) is 0 Å². The van der Waals surface area contributed by atoms with Crippen LogP contribution in [0.4, 0.5) is 0 Å². The summed E-state index contributed by atoms with van der Waals surface area (Å²) >= 11 is 0. The van der Waals surface area contributed by atoms with Crippen molar-refractivity contribution >= 4 is 5.91 Å². The molecule has 2 fully saturated rings. The van der Waals surface area contributed by atoms with Crippen LogP contribution in [0.2, 0.25) is 0 Å². The van der Waals surface area contributed by atoms with Gasteiger partial charge >= 0.3 is 0 Å². The molecular formula is C20H31N3O4. The van der Waals surface area contributed by atoms with E-state index in [1.165, 1.54) is 0 Å². The number of amides is 1. The highest BCUT2D eigenvalue weighted by Gasteiger charge is 2.41. The lowest BCUT2D eigenvalue weighted by Gasteiger charge is -2.38. The fourth-order valence-corrected chi connectivity index (χ4v) is 4.79. The fourth-order valence-electron chi connectivity index (χ4n) is 4.79. The molecule has 7 nitrogen and oxygen atoms in total. The molecule has 4 rings (SSSR count). The third-order valence-electron chi connectivity index (χ3n) is 6.25. The molecule has 3 aliphatic rings. The first-order valence-electron chi connectivity index (χ1n) is 10.2. The maximum Gasteiger partial charge on any atom is 0.272 e. The van der Waals surface area contributed by atoms with Gasteiger partial charge in [0.2, 0.25) is 0 Å². The quantitative estimate of drug-likeness (QED) is 0.806. The van der Waals surface area contributed by atoms with Crippen molar-refractivity contribution in [2.24, 2.45) is 0 Å². The number of hydrogen-bond donors (Lipinski definition) is 0. The minimum absolute atomic E-state index is 0.0172. The zero-order valence-corrected chi connectivity index (χ0v) is 16.7. The molecule has 1 aromatic heterocycles. The van der Waals surface area contributed by atoms with E-state index in [1.807, 2.05) is 16.5 Å². The predicted molar refractivity (Wildman–Crippen MR) is 99.8 cm³/mol. The monoisotopic (exact) mass is 377 g/mol. The number of hydrogen-bond acceptors (Lipinski definition) is 5. The van der Waals surface area contributed by atoms with Crippen molar-refractivity contribution in [3.8, 4) is 0 Å². The van der Waals surface area contributed by atoms with E-state index in [-0.39, 0.29) is 23.7 Å². The zero-order valence-electron chi connectivity index (χ0n) is 16.7. The van der Waals surface area contributed by atoms with Crippen molar-refractivity contribution < 1.29 is 19.0 Å². The van der Waals surface area contributed by atoms with Gasteiger partial charge in [-0.05, 0) is 39.5 Å². The molecule has 7 heteroatoms. The van der Waals surface area contributed by atoms with E-state index in [0.717, 1.165) is 68.8 Å². The number of piperidine rings is 1. The summed E-state index contributed by atoms with van der Waals surface area (Å²) in [6.07, 6.45) is 4.87. The fraction of sp³-hybridized carbons (Fsp3) is 0.800. The van der Waals surface area contributed by atoms with Gasteiger partial charge in [-0.3, -0.25) is 9.48 Å². The highest BCUT2D eigenvalue weighted by molar-refractivity contribution is 5.94. The van der Waals surface area contributed by atoms with Crippen molar-refractivity contribution in [2.45, 2.75) is 70.3 Å². The Balaban J connectivity index is 1.59. The SMILES string of the molecule is COCCn1nc2c(c1C(=O)N1CCC3(CCCO3)CC1)C[C@H](C)O[C@@H]2C. The zero-order chi connectivity index (χ0) is 19.0. The van der Waals surface area contributed by atoms with Crippen LogP contribution in [0.15, 0.2) is 0 Å². The van der Waals surface area contributed by atoms with Gasteiger partial charge in [-0.1, -0.05) is 0 Å². The largest absolute Gasteiger partial charge is 0.383 e. The molecule has 0 aliphatic carbocycles. The first-order chi connectivity index (χ1) is 13.0. The lowest BCUT2D eigenvalue weighted by molar-refractivity contribution is -0.0389. The first-order valence-corrected chi connectivity index (χ1v) is 10.2. The van der Waals surface area contributed by atoms with Crippen molar-refractivity contribution in [1.29, 1.82) is 0 Å². The summed E-state index contributed by atoms with van der Waals surface area (Å²) in [4.78, 5) is 15.5. The molecule has 0 saturated carbocycles. The van der Waals surface area contributed by atoms with E-state index in [9.17, 15) is 4.79 Å². The van der Waals surface area contributed by atoms with E-state index < -0.39 is 0 Å². The number of likely N-dealkylation sites (tertiary alicyclic amines) is 1. The Kier molecular flexibility index (Phi) is 5.27. The molecule has 1 spiro atoms. The number of rotatable bonds is 4. The molecule has 0 radical (unpaired) electrons. The summed E-state index contributed by atoms with van der Waals surface area (Å²) in [5, 5.41) is 4.73. The third kappa shape index (κ3) is 3.52. The van der Waals surface area contributed by atoms with Crippen molar-refractivity contribution in [3.63, 3.8) is 0 Å². The predicted octanol–water partition coefficient (Wildman–Crippen LogP) is 2.34. The molecule has 0 N–H and O–H groups in total. The highest BCUT2D eigenvalue weighted by atomic mass is 16.5. The van der Waals surface area contributed by atoms with Gasteiger partial charge in [0, 0.05) is 38.8 Å². The van der Waals surface area contributed by atoms with Crippen LogP contribution in [0.25, 0.3) is 0 Å². The smallest absolute Gasteiger partial charge is 0.272 e. The number of fused-ring (bicyclic) bond motifs is 1. The molecule has 2 atom stereocenters. The number of ether oxygens (including phenoxy) is 3. The number of nitrogens with zero attached hydrogens (tertiary/aromatic N) is 3. The number of carbonyl (C=O) groups is 1. The molecule has 0 unspecified atom stereocenters. The number of methoxy groups -OCH3 is 1. The lowest BCUT2D eigenvalue weighted by atomic mass is 9.88. The van der Waals surface area contributed by atoms with E-state index in [0.29, 0.717) is 13.2 Å². The molecule has 3 aliphatic heterocycles. The molecule has 4 heterocycles. The van der Waals surface area contributed by atoms with E-state index in [2.05, 4.69) is 6.92 Å². The van der Waals surface area contributed by atoms with Crippen molar-refractivity contribution in [1.82, 2.24) is 14.7 Å². The second kappa shape index (κ2) is 7.53. The Morgan fingerprint density at radius 3 is 2.74 bits per heavy atom. The summed E-state index contributed by atoms with van der Waals surface area (Å²) in [6, 6.07) is 0. The summed E-state index contributed by atoms with van der Waals surface area (Å²) in [5.41, 5.74) is 2.70. The Morgan fingerprint density at radius 1 is 1.30 bits per heavy atom. The topological polar surface area (TPSA) is 65.8 Å². The maximum absolute atomic E-state index is 13.5. The highest BCUT2D eigenvalue weighted by Crippen LogP contribution is 2.37. The van der Waals surface area contributed by atoms with Crippen molar-refractivity contribution in [2.75, 3.05) is 33.4 Å². The van der Waals surface area contributed by atoms with Crippen LogP contribution in [-0.2, 0) is 27.2 Å². The summed E-state index contributed by atoms with van der Waals surface area (Å²) in [5.74, 6) is 0.0917. The minimum Gasteiger partial charge on any atom is -0.383 e. The molecule has 150 valence electrons. The first kappa shape index (κ1) is 18.9. The lowest BCUT2D eigenvalue weighted by Crippen LogP contribution is -2.47. The van der Waals surface area contributed by atoms with Gasteiger partial charge in [0.1, 0.15) is 5.69 Å². The second-order valence-electron chi connectivity index (χ2n) is 8.15. The summed E-state index contributed by atoms with van der Waals surface area (Å²) in [7, 11) is 1.67. The van der Waals surface area contributed by atoms with Crippen LogP contribution in [-0.4, -0.2) is 65.7 Å². The van der Waals surface area contributed by atoms with Crippen LogP contribution >= 0.6 is 0 Å². The molecule has 0 bridgehead atoms. The summed E-state index contributed by atoms with van der Waals surface area (Å²) in [6.45, 7) is 7.55. The van der Waals surface area contributed by atoms with Crippen LogP contribution in [0, 0.1) is 0 Å². The standard InChI is InChI=1S/C20H31N3O4/c1-14-13-16-17(15(2)27-14)21-23(10-12-25-3)18(16)19(24)22-8-6-20(7-9-22)5-4-11-26-20/h14-15H,4-13H2,1-3H3/t14-,15+/m0/s1. The molecule has 1 amide bonds. The number of carbonyl (C=O) groups excluding carboxylic acids is 1. The molecular weight excluding hydrogens is 346 g/mol. The van der Waals surface area contributed by atoms with E-state index >= 15 is 0 Å². The Bertz CT molecular complexity index is 686. The van der Waals surface area contributed by atoms with Gasteiger partial charge < -0.3 is 19.1 Å². The average molecular weight is 377 g/mol. The Hall–Kier alpha value is -1.44. The average Bonchev–Trinajstić information content (AvgIpc) is 3.25. The van der Waals surface area contributed by atoms with Crippen LogP contribution < -0.4 is 0 Å².